The van der Waals surface area contributed by atoms with Crippen molar-refractivity contribution < 1.29 is 32.7 Å². The normalized spacial score (nSPS) is 11.2. The quantitative estimate of drug-likeness (QED) is 0.244. The van der Waals surface area contributed by atoms with Crippen molar-refractivity contribution in [2.45, 2.75) is 26.4 Å². The van der Waals surface area contributed by atoms with Crippen LogP contribution in [0.1, 0.15) is 20.8 Å². The minimum absolute atomic E-state index is 0.0115. The first-order chi connectivity index (χ1) is 18.5. The number of thiazole rings is 1. The van der Waals surface area contributed by atoms with Crippen molar-refractivity contribution in [1.82, 2.24) is 15.1 Å². The number of benzene rings is 2. The third-order valence-corrected chi connectivity index (χ3v) is 6.02. The fourth-order valence-electron chi connectivity index (χ4n) is 3.44. The molecule has 1 amide bonds. The average molecular weight is 559 g/mol. The number of rotatable bonds is 8. The predicted octanol–water partition coefficient (Wildman–Crippen LogP) is 5.70. The number of nitrogens with zero attached hydrogens (tertiary/aromatic N) is 3. The van der Waals surface area contributed by atoms with Crippen LogP contribution in [0, 0.1) is 5.82 Å². The Balaban J connectivity index is 1.57. The second-order valence-corrected chi connectivity index (χ2v) is 10.0. The minimum Gasteiger partial charge on any atom is -0.493 e. The SMILES string of the molecule is COc1cc(Nc2nc(N)c(-c3nc(-c4cc(NC(=O)OC(C)(C)C)ccc4F)no3)s2)cc(OC)c1OC. The first-order valence-electron chi connectivity index (χ1n) is 11.5. The van der Waals surface area contributed by atoms with Gasteiger partial charge in [-0.15, -0.1) is 0 Å². The lowest BCUT2D eigenvalue weighted by Gasteiger charge is -2.19. The van der Waals surface area contributed by atoms with Gasteiger partial charge >= 0.3 is 6.09 Å². The van der Waals surface area contributed by atoms with E-state index in [9.17, 15) is 9.18 Å². The van der Waals surface area contributed by atoms with Crippen LogP contribution in [0.25, 0.3) is 22.2 Å². The molecule has 0 unspecified atom stereocenters. The summed E-state index contributed by atoms with van der Waals surface area (Å²) in [6, 6.07) is 7.38. The van der Waals surface area contributed by atoms with Gasteiger partial charge in [0.05, 0.1) is 26.9 Å². The lowest BCUT2D eigenvalue weighted by molar-refractivity contribution is 0.0636. The highest BCUT2D eigenvalue weighted by Crippen LogP contribution is 2.42. The predicted molar refractivity (Wildman–Crippen MR) is 144 cm³/mol. The van der Waals surface area contributed by atoms with Crippen LogP contribution in [0.2, 0.25) is 0 Å². The van der Waals surface area contributed by atoms with E-state index >= 15 is 0 Å². The standard InChI is InChI=1S/C25H27FN6O6S/c1-25(2,3)37-24(33)29-12-7-8-15(26)14(9-12)21-31-22(38-32-21)19-20(27)30-23(39-19)28-13-10-16(34-4)18(36-6)17(11-13)35-5/h7-11H,27H2,1-6H3,(H,28,30)(H,29,33). The molecular weight excluding hydrogens is 531 g/mol. The zero-order valence-corrected chi connectivity index (χ0v) is 22.9. The molecule has 4 rings (SSSR count). The van der Waals surface area contributed by atoms with Gasteiger partial charge in [-0.05, 0) is 39.0 Å². The van der Waals surface area contributed by atoms with Crippen molar-refractivity contribution in [3.8, 4) is 39.4 Å². The number of amides is 1. The number of anilines is 4. The minimum atomic E-state index is -0.691. The molecule has 0 aliphatic carbocycles. The van der Waals surface area contributed by atoms with E-state index in [0.717, 1.165) is 11.3 Å². The summed E-state index contributed by atoms with van der Waals surface area (Å²) >= 11 is 1.15. The first-order valence-corrected chi connectivity index (χ1v) is 12.3. The third-order valence-electron chi connectivity index (χ3n) is 5.04. The topological polar surface area (TPSA) is 156 Å². The monoisotopic (exact) mass is 558 g/mol. The zero-order chi connectivity index (χ0) is 28.3. The van der Waals surface area contributed by atoms with E-state index in [4.69, 9.17) is 29.2 Å². The van der Waals surface area contributed by atoms with E-state index in [1.54, 1.807) is 32.9 Å². The van der Waals surface area contributed by atoms with Gasteiger partial charge in [-0.25, -0.2) is 14.2 Å². The van der Waals surface area contributed by atoms with Crippen LogP contribution in [-0.4, -0.2) is 48.1 Å². The van der Waals surface area contributed by atoms with E-state index in [0.29, 0.717) is 38.6 Å². The Morgan fingerprint density at radius 1 is 1.03 bits per heavy atom. The largest absolute Gasteiger partial charge is 0.493 e. The van der Waals surface area contributed by atoms with Crippen LogP contribution < -0.4 is 30.6 Å². The Labute approximate surface area is 227 Å². The number of methoxy groups -OCH3 is 3. The summed E-state index contributed by atoms with van der Waals surface area (Å²) < 4.78 is 41.3. The molecule has 0 bridgehead atoms. The molecular formula is C25H27FN6O6S. The highest BCUT2D eigenvalue weighted by Gasteiger charge is 2.22. The summed E-state index contributed by atoms with van der Waals surface area (Å²) in [4.78, 5) is 21.1. The van der Waals surface area contributed by atoms with Gasteiger partial charge in [-0.1, -0.05) is 16.5 Å². The van der Waals surface area contributed by atoms with Gasteiger partial charge in [-0.3, -0.25) is 5.32 Å². The van der Waals surface area contributed by atoms with Gasteiger partial charge in [0.25, 0.3) is 5.89 Å². The van der Waals surface area contributed by atoms with Gasteiger partial charge < -0.3 is 34.5 Å². The maximum absolute atomic E-state index is 14.6. The van der Waals surface area contributed by atoms with Gasteiger partial charge in [0.2, 0.25) is 11.6 Å². The number of aromatic nitrogens is 3. The van der Waals surface area contributed by atoms with Crippen LogP contribution in [0.4, 0.5) is 31.5 Å². The van der Waals surface area contributed by atoms with Crippen molar-refractivity contribution in [2.24, 2.45) is 0 Å². The van der Waals surface area contributed by atoms with Crippen LogP contribution in [-0.2, 0) is 4.74 Å². The van der Waals surface area contributed by atoms with Crippen molar-refractivity contribution in [1.29, 1.82) is 0 Å². The Morgan fingerprint density at radius 3 is 2.33 bits per heavy atom. The molecule has 2 aromatic carbocycles. The molecule has 0 saturated heterocycles. The molecule has 12 nitrogen and oxygen atoms in total. The number of hydrogen-bond acceptors (Lipinski definition) is 12. The van der Waals surface area contributed by atoms with Crippen LogP contribution in [0.3, 0.4) is 0 Å². The zero-order valence-electron chi connectivity index (χ0n) is 22.0. The van der Waals surface area contributed by atoms with Gasteiger partial charge in [-0.2, -0.15) is 4.98 Å². The highest BCUT2D eigenvalue weighted by atomic mass is 32.1. The van der Waals surface area contributed by atoms with Gasteiger partial charge in [0, 0.05) is 23.5 Å². The molecule has 4 N–H and O–H groups in total. The van der Waals surface area contributed by atoms with Crippen molar-refractivity contribution >= 4 is 39.8 Å². The molecule has 0 saturated carbocycles. The van der Waals surface area contributed by atoms with Gasteiger partial charge in [0.1, 0.15) is 22.1 Å². The number of nitrogens with two attached hydrogens (primary N) is 1. The second-order valence-electron chi connectivity index (χ2n) is 9.02. The van der Waals surface area contributed by atoms with E-state index in [1.165, 1.54) is 39.5 Å². The number of carbonyl (C=O) groups is 1. The summed E-state index contributed by atoms with van der Waals surface area (Å²) in [5.41, 5.74) is 6.34. The van der Waals surface area contributed by atoms with E-state index in [-0.39, 0.29) is 23.1 Å². The number of carbonyl (C=O) groups excluding carboxylic acids is 1. The van der Waals surface area contributed by atoms with Crippen molar-refractivity contribution in [3.63, 3.8) is 0 Å². The third kappa shape index (κ3) is 6.29. The first kappa shape index (κ1) is 27.4. The Kier molecular flexibility index (Phi) is 7.76. The average Bonchev–Trinajstić information content (AvgIpc) is 3.49. The molecule has 0 spiro atoms. The highest BCUT2D eigenvalue weighted by molar-refractivity contribution is 7.19. The number of hydrogen-bond donors (Lipinski definition) is 3. The smallest absolute Gasteiger partial charge is 0.412 e. The summed E-state index contributed by atoms with van der Waals surface area (Å²) in [5.74, 6) is 0.878. The van der Waals surface area contributed by atoms with Crippen LogP contribution in [0.5, 0.6) is 17.2 Å². The molecule has 0 fully saturated rings. The molecule has 4 aromatic rings. The van der Waals surface area contributed by atoms with Crippen LogP contribution in [0.15, 0.2) is 34.9 Å². The molecule has 0 radical (unpaired) electrons. The molecule has 2 aromatic heterocycles. The number of halogens is 1. The maximum atomic E-state index is 14.6. The maximum Gasteiger partial charge on any atom is 0.412 e. The molecule has 2 heterocycles. The van der Waals surface area contributed by atoms with E-state index in [2.05, 4.69) is 25.8 Å². The Bertz CT molecular complexity index is 1470. The summed E-state index contributed by atoms with van der Waals surface area (Å²) in [5, 5.41) is 10.0. The second kappa shape index (κ2) is 11.0. The van der Waals surface area contributed by atoms with Crippen molar-refractivity contribution in [3.05, 3.63) is 36.1 Å². The fourth-order valence-corrected chi connectivity index (χ4v) is 4.26. The fraction of sp³-hybridized carbons (Fsp3) is 0.280. The summed E-state index contributed by atoms with van der Waals surface area (Å²) in [6.07, 6.45) is -0.682. The molecule has 14 heteroatoms. The van der Waals surface area contributed by atoms with E-state index in [1.807, 2.05) is 0 Å². The number of ether oxygens (including phenoxy) is 4. The molecule has 0 aliphatic rings. The van der Waals surface area contributed by atoms with Crippen molar-refractivity contribution in [2.75, 3.05) is 37.7 Å². The molecule has 0 atom stereocenters. The number of nitrogens with one attached hydrogen (secondary N) is 2. The molecule has 0 aliphatic heterocycles. The number of nitrogen functional groups attached to an aromatic ring is 1. The van der Waals surface area contributed by atoms with E-state index < -0.39 is 17.5 Å². The summed E-state index contributed by atoms with van der Waals surface area (Å²) in [6.45, 7) is 5.21. The van der Waals surface area contributed by atoms with Gasteiger partial charge in [0.15, 0.2) is 16.6 Å². The Hall–Kier alpha value is -4.59. The Morgan fingerprint density at radius 2 is 1.72 bits per heavy atom. The molecule has 206 valence electrons. The lowest BCUT2D eigenvalue weighted by atomic mass is 10.1. The summed E-state index contributed by atoms with van der Waals surface area (Å²) in [7, 11) is 4.54. The lowest BCUT2D eigenvalue weighted by Crippen LogP contribution is -2.27. The van der Waals surface area contributed by atoms with Crippen LogP contribution >= 0.6 is 11.3 Å². The molecule has 39 heavy (non-hydrogen) atoms.